The summed E-state index contributed by atoms with van der Waals surface area (Å²) in [6, 6.07) is 10.0. The van der Waals surface area contributed by atoms with Crippen LogP contribution in [-0.2, 0) is 0 Å². The van der Waals surface area contributed by atoms with E-state index in [4.69, 9.17) is 10.5 Å². The minimum atomic E-state index is -0.358. The average Bonchev–Trinajstić information content (AvgIpc) is 2.30. The van der Waals surface area contributed by atoms with Gasteiger partial charge in [-0.3, -0.25) is 0 Å². The topological polar surface area (TPSA) is 47.3 Å². The van der Waals surface area contributed by atoms with E-state index in [1.54, 1.807) is 13.2 Å². The van der Waals surface area contributed by atoms with E-state index in [0.29, 0.717) is 11.4 Å². The highest BCUT2D eigenvalue weighted by atomic mass is 19.1. The molecule has 0 radical (unpaired) electrons. The van der Waals surface area contributed by atoms with Crippen LogP contribution in [0, 0.1) is 12.7 Å². The van der Waals surface area contributed by atoms with Crippen LogP contribution in [0.1, 0.15) is 5.56 Å². The summed E-state index contributed by atoms with van der Waals surface area (Å²) in [5, 5.41) is 3.13. The smallest absolute Gasteiger partial charge is 0.127 e. The van der Waals surface area contributed by atoms with E-state index in [-0.39, 0.29) is 5.82 Å². The first-order valence-electron chi connectivity index (χ1n) is 5.56. The van der Waals surface area contributed by atoms with Gasteiger partial charge < -0.3 is 15.8 Å². The van der Waals surface area contributed by atoms with Crippen LogP contribution in [0.25, 0.3) is 0 Å². The molecule has 0 aliphatic rings. The second-order valence-electron chi connectivity index (χ2n) is 4.08. The Morgan fingerprint density at radius 1 is 1.17 bits per heavy atom. The van der Waals surface area contributed by atoms with Gasteiger partial charge in [0.25, 0.3) is 0 Å². The Morgan fingerprint density at radius 2 is 1.94 bits per heavy atom. The molecule has 0 saturated heterocycles. The van der Waals surface area contributed by atoms with Gasteiger partial charge >= 0.3 is 0 Å². The minimum absolute atomic E-state index is 0.358. The lowest BCUT2D eigenvalue weighted by molar-refractivity contribution is 0.414. The maximum atomic E-state index is 13.2. The number of aryl methyl sites for hydroxylation is 1. The predicted octanol–water partition coefficient (Wildman–Crippen LogP) is 3.47. The number of ether oxygens (including phenoxy) is 1. The van der Waals surface area contributed by atoms with Gasteiger partial charge in [0.2, 0.25) is 0 Å². The van der Waals surface area contributed by atoms with E-state index in [0.717, 1.165) is 17.0 Å². The Kier molecular flexibility index (Phi) is 3.37. The number of hydrogen-bond acceptors (Lipinski definition) is 3. The van der Waals surface area contributed by atoms with Crippen molar-refractivity contribution in [2.75, 3.05) is 18.2 Å². The predicted molar refractivity (Wildman–Crippen MR) is 71.8 cm³/mol. The Balaban J connectivity index is 2.28. The zero-order valence-electron chi connectivity index (χ0n) is 10.3. The second-order valence-corrected chi connectivity index (χ2v) is 4.08. The quantitative estimate of drug-likeness (QED) is 0.815. The largest absolute Gasteiger partial charge is 0.497 e. The number of anilines is 3. The van der Waals surface area contributed by atoms with Crippen LogP contribution in [0.2, 0.25) is 0 Å². The van der Waals surface area contributed by atoms with E-state index in [2.05, 4.69) is 5.32 Å². The van der Waals surface area contributed by atoms with Gasteiger partial charge in [0, 0.05) is 17.1 Å². The lowest BCUT2D eigenvalue weighted by Gasteiger charge is -2.11. The normalized spacial score (nSPS) is 10.2. The first-order chi connectivity index (χ1) is 8.58. The second kappa shape index (κ2) is 4.96. The van der Waals surface area contributed by atoms with Crippen LogP contribution in [0.4, 0.5) is 21.5 Å². The first kappa shape index (κ1) is 12.2. The molecule has 2 rings (SSSR count). The van der Waals surface area contributed by atoms with Crippen molar-refractivity contribution in [2.24, 2.45) is 0 Å². The van der Waals surface area contributed by atoms with E-state index < -0.39 is 0 Å². The molecule has 94 valence electrons. The summed E-state index contributed by atoms with van der Waals surface area (Å²) in [6.07, 6.45) is 0. The number of nitrogens with one attached hydrogen (secondary N) is 1. The Hall–Kier alpha value is -2.23. The van der Waals surface area contributed by atoms with Gasteiger partial charge in [-0.1, -0.05) is 0 Å². The van der Waals surface area contributed by atoms with Crippen LogP contribution in [-0.4, -0.2) is 7.11 Å². The van der Waals surface area contributed by atoms with Gasteiger partial charge in [-0.2, -0.15) is 0 Å². The molecule has 0 bridgehead atoms. The molecule has 0 aromatic heterocycles. The minimum Gasteiger partial charge on any atom is -0.497 e. The van der Waals surface area contributed by atoms with Crippen LogP contribution < -0.4 is 15.8 Å². The monoisotopic (exact) mass is 246 g/mol. The van der Waals surface area contributed by atoms with Crippen molar-refractivity contribution in [1.29, 1.82) is 0 Å². The summed E-state index contributed by atoms with van der Waals surface area (Å²) in [4.78, 5) is 0. The third kappa shape index (κ3) is 2.71. The van der Waals surface area contributed by atoms with Crippen molar-refractivity contribution in [3.8, 4) is 5.75 Å². The summed E-state index contributed by atoms with van der Waals surface area (Å²) >= 11 is 0. The lowest BCUT2D eigenvalue weighted by Crippen LogP contribution is -1.96. The molecule has 0 aliphatic heterocycles. The molecule has 2 aromatic carbocycles. The third-order valence-corrected chi connectivity index (χ3v) is 2.63. The Morgan fingerprint density at radius 3 is 2.56 bits per heavy atom. The van der Waals surface area contributed by atoms with Gasteiger partial charge in [0.1, 0.15) is 11.6 Å². The van der Waals surface area contributed by atoms with Crippen LogP contribution in [0.5, 0.6) is 5.75 Å². The SMILES string of the molecule is COc1ccc(Nc2cc(N)cc(F)c2)c(C)c1. The number of halogens is 1. The lowest BCUT2D eigenvalue weighted by atomic mass is 10.1. The molecule has 3 nitrogen and oxygen atoms in total. The number of methoxy groups -OCH3 is 1. The van der Waals surface area contributed by atoms with Crippen LogP contribution in [0.3, 0.4) is 0 Å². The van der Waals surface area contributed by atoms with Crippen molar-refractivity contribution in [3.05, 3.63) is 47.8 Å². The molecule has 4 heteroatoms. The van der Waals surface area contributed by atoms with Crippen molar-refractivity contribution in [1.82, 2.24) is 0 Å². The van der Waals surface area contributed by atoms with Gasteiger partial charge in [-0.25, -0.2) is 4.39 Å². The fourth-order valence-electron chi connectivity index (χ4n) is 1.74. The molecule has 0 atom stereocenters. The van der Waals surface area contributed by atoms with Crippen molar-refractivity contribution >= 4 is 17.1 Å². The highest BCUT2D eigenvalue weighted by Crippen LogP contribution is 2.26. The van der Waals surface area contributed by atoms with E-state index in [9.17, 15) is 4.39 Å². The van der Waals surface area contributed by atoms with Crippen molar-refractivity contribution in [2.45, 2.75) is 6.92 Å². The van der Waals surface area contributed by atoms with E-state index in [1.165, 1.54) is 12.1 Å². The summed E-state index contributed by atoms with van der Waals surface area (Å²) < 4.78 is 18.3. The maximum Gasteiger partial charge on any atom is 0.127 e. The average molecular weight is 246 g/mol. The summed E-state index contributed by atoms with van der Waals surface area (Å²) in [5.74, 6) is 0.431. The molecule has 0 fully saturated rings. The molecule has 0 amide bonds. The molecular weight excluding hydrogens is 231 g/mol. The zero-order chi connectivity index (χ0) is 13.1. The number of nitrogens with two attached hydrogens (primary N) is 1. The summed E-state index contributed by atoms with van der Waals surface area (Å²) in [7, 11) is 1.62. The first-order valence-corrected chi connectivity index (χ1v) is 5.56. The molecule has 0 heterocycles. The molecule has 0 unspecified atom stereocenters. The third-order valence-electron chi connectivity index (χ3n) is 2.63. The van der Waals surface area contributed by atoms with Gasteiger partial charge in [-0.05, 0) is 48.9 Å². The molecule has 0 spiro atoms. The number of nitrogen functional groups attached to an aromatic ring is 1. The van der Waals surface area contributed by atoms with Gasteiger partial charge in [0.05, 0.1) is 7.11 Å². The maximum absolute atomic E-state index is 13.2. The Bertz CT molecular complexity index is 549. The highest BCUT2D eigenvalue weighted by molar-refractivity contribution is 5.66. The van der Waals surface area contributed by atoms with Gasteiger partial charge in [-0.15, -0.1) is 0 Å². The molecule has 0 saturated carbocycles. The molecular formula is C14H15FN2O. The van der Waals surface area contributed by atoms with Gasteiger partial charge in [0.15, 0.2) is 0 Å². The number of benzene rings is 2. The summed E-state index contributed by atoms with van der Waals surface area (Å²) in [6.45, 7) is 1.95. The van der Waals surface area contributed by atoms with E-state index in [1.807, 2.05) is 25.1 Å². The fourth-order valence-corrected chi connectivity index (χ4v) is 1.74. The molecule has 0 aliphatic carbocycles. The van der Waals surface area contributed by atoms with Crippen molar-refractivity contribution < 1.29 is 9.13 Å². The van der Waals surface area contributed by atoms with E-state index >= 15 is 0 Å². The molecule has 3 N–H and O–H groups in total. The number of rotatable bonds is 3. The molecule has 18 heavy (non-hydrogen) atoms. The van der Waals surface area contributed by atoms with Crippen LogP contribution >= 0.6 is 0 Å². The van der Waals surface area contributed by atoms with Crippen LogP contribution in [0.15, 0.2) is 36.4 Å². The molecule has 2 aromatic rings. The van der Waals surface area contributed by atoms with Crippen molar-refractivity contribution in [3.63, 3.8) is 0 Å². The standard InChI is InChI=1S/C14H15FN2O/c1-9-5-13(18-2)3-4-14(9)17-12-7-10(15)6-11(16)8-12/h3-8,17H,16H2,1-2H3. The zero-order valence-corrected chi connectivity index (χ0v) is 10.3. The Labute approximate surface area is 105 Å². The summed E-state index contributed by atoms with van der Waals surface area (Å²) in [5.41, 5.74) is 8.52. The number of hydrogen-bond donors (Lipinski definition) is 2. The fraction of sp³-hybridized carbons (Fsp3) is 0.143. The highest BCUT2D eigenvalue weighted by Gasteiger charge is 2.03.